The Morgan fingerprint density at radius 3 is 2.88 bits per heavy atom. The minimum atomic E-state index is -0.312. The fourth-order valence-electron chi connectivity index (χ4n) is 3.52. The quantitative estimate of drug-likeness (QED) is 0.468. The highest BCUT2D eigenvalue weighted by atomic mass is 32.2. The summed E-state index contributed by atoms with van der Waals surface area (Å²) in [6.07, 6.45) is 4.76. The Morgan fingerprint density at radius 1 is 1.29 bits per heavy atom. The summed E-state index contributed by atoms with van der Waals surface area (Å²) in [7, 11) is 0. The number of carbonyl (C=O) groups excluding carboxylic acids is 2. The zero-order valence-corrected chi connectivity index (χ0v) is 21.3. The lowest BCUT2D eigenvalue weighted by Crippen LogP contribution is -2.32. The van der Waals surface area contributed by atoms with Crippen LogP contribution in [-0.4, -0.2) is 46.4 Å². The van der Waals surface area contributed by atoms with E-state index in [2.05, 4.69) is 48.5 Å². The monoisotopic (exact) mass is 498 g/mol. The topological polar surface area (TPSA) is 85.3 Å². The summed E-state index contributed by atoms with van der Waals surface area (Å²) in [4.78, 5) is 29.3. The summed E-state index contributed by atoms with van der Waals surface area (Å²) in [5, 5.41) is 8.46. The highest BCUT2D eigenvalue weighted by molar-refractivity contribution is 7.99. The summed E-state index contributed by atoms with van der Waals surface area (Å²) in [6, 6.07) is 10.1. The molecule has 0 spiro atoms. The normalized spacial score (nSPS) is 15.9. The molecule has 180 valence electrons. The molecule has 0 bridgehead atoms. The van der Waals surface area contributed by atoms with Crippen molar-refractivity contribution >= 4 is 40.0 Å². The van der Waals surface area contributed by atoms with Gasteiger partial charge in [0, 0.05) is 46.5 Å². The number of benzene rings is 1. The maximum absolute atomic E-state index is 12.4. The van der Waals surface area contributed by atoms with Crippen molar-refractivity contribution in [1.82, 2.24) is 14.9 Å². The maximum atomic E-state index is 12.4. The summed E-state index contributed by atoms with van der Waals surface area (Å²) < 4.78 is 7.42. The van der Waals surface area contributed by atoms with Gasteiger partial charge < -0.3 is 19.9 Å². The Labute approximate surface area is 208 Å². The third-order valence-corrected chi connectivity index (χ3v) is 7.59. The Bertz CT molecular complexity index is 1140. The van der Waals surface area contributed by atoms with Crippen LogP contribution in [0, 0.1) is 0 Å². The number of rotatable bonds is 8. The molecule has 1 aromatic carbocycles. The third-order valence-electron chi connectivity index (χ3n) is 5.49. The van der Waals surface area contributed by atoms with E-state index in [-0.39, 0.29) is 23.9 Å². The molecule has 1 saturated heterocycles. The van der Waals surface area contributed by atoms with Crippen LogP contribution in [0.1, 0.15) is 43.1 Å². The predicted molar refractivity (Wildman–Crippen MR) is 138 cm³/mol. The van der Waals surface area contributed by atoms with Gasteiger partial charge in [0.15, 0.2) is 5.13 Å². The second kappa shape index (κ2) is 10.8. The first-order valence-electron chi connectivity index (χ1n) is 11.3. The van der Waals surface area contributed by atoms with Crippen LogP contribution in [-0.2, 0) is 20.8 Å². The number of nitrogens with one attached hydrogen (secondary N) is 2. The second-order valence-electron chi connectivity index (χ2n) is 9.24. The van der Waals surface area contributed by atoms with Crippen molar-refractivity contribution < 1.29 is 14.3 Å². The number of hydrogen-bond donors (Lipinski definition) is 2. The molecule has 3 heterocycles. The van der Waals surface area contributed by atoms with Gasteiger partial charge in [-0.05, 0) is 44.9 Å². The molecule has 2 aromatic heterocycles. The number of aromatic nitrogens is 2. The summed E-state index contributed by atoms with van der Waals surface area (Å²) in [6.45, 7) is 7.76. The first-order valence-corrected chi connectivity index (χ1v) is 13.2. The largest absolute Gasteiger partial charge is 0.380 e. The number of thioether (sulfide) groups is 1. The highest BCUT2D eigenvalue weighted by Crippen LogP contribution is 2.28. The van der Waals surface area contributed by atoms with E-state index in [0.29, 0.717) is 15.9 Å². The molecule has 34 heavy (non-hydrogen) atoms. The van der Waals surface area contributed by atoms with Crippen molar-refractivity contribution in [2.45, 2.75) is 43.7 Å². The third kappa shape index (κ3) is 6.49. The van der Waals surface area contributed by atoms with E-state index in [9.17, 15) is 9.59 Å². The zero-order valence-electron chi connectivity index (χ0n) is 19.7. The molecule has 1 aliphatic heterocycles. The van der Waals surface area contributed by atoms with E-state index in [4.69, 9.17) is 4.74 Å². The van der Waals surface area contributed by atoms with Gasteiger partial charge in [-0.1, -0.05) is 18.2 Å². The van der Waals surface area contributed by atoms with Crippen LogP contribution in [0.3, 0.4) is 0 Å². The Kier molecular flexibility index (Phi) is 7.75. The molecule has 0 radical (unpaired) electrons. The zero-order chi connectivity index (χ0) is 24.1. The second-order valence-corrected chi connectivity index (χ2v) is 11.4. The Morgan fingerprint density at radius 2 is 2.15 bits per heavy atom. The fourth-order valence-corrected chi connectivity index (χ4v) is 5.32. The minimum absolute atomic E-state index is 0.109. The van der Waals surface area contributed by atoms with E-state index in [1.807, 2.05) is 40.0 Å². The first kappa shape index (κ1) is 24.5. The number of anilines is 1. The molecule has 2 N–H and O–H groups in total. The summed E-state index contributed by atoms with van der Waals surface area (Å²) in [5.74, 6) is 0.347. The number of ether oxygens (including phenoxy) is 1. The van der Waals surface area contributed by atoms with Gasteiger partial charge in [0.25, 0.3) is 5.91 Å². The van der Waals surface area contributed by atoms with Crippen molar-refractivity contribution in [2.24, 2.45) is 0 Å². The molecule has 0 saturated carbocycles. The van der Waals surface area contributed by atoms with Crippen LogP contribution < -0.4 is 10.6 Å². The smallest absolute Gasteiger partial charge is 0.253 e. The van der Waals surface area contributed by atoms with Gasteiger partial charge in [-0.3, -0.25) is 9.59 Å². The molecule has 9 heteroatoms. The summed E-state index contributed by atoms with van der Waals surface area (Å²) >= 11 is 3.30. The number of carbonyl (C=O) groups is 2. The average Bonchev–Trinajstić information content (AvgIpc) is 3.58. The molecule has 7 nitrogen and oxygen atoms in total. The lowest BCUT2D eigenvalue weighted by molar-refractivity contribution is -0.115. The van der Waals surface area contributed by atoms with Gasteiger partial charge in [0.1, 0.15) is 0 Å². The minimum Gasteiger partial charge on any atom is -0.380 e. The first-order chi connectivity index (χ1) is 16.3. The fraction of sp³-hybridized carbons (Fsp3) is 0.400. The molecule has 0 unspecified atom stereocenters. The van der Waals surface area contributed by atoms with E-state index < -0.39 is 0 Å². The molecule has 0 aliphatic carbocycles. The number of amides is 2. The van der Waals surface area contributed by atoms with Crippen LogP contribution in [0.4, 0.5) is 5.13 Å². The van der Waals surface area contributed by atoms with Gasteiger partial charge in [-0.2, -0.15) is 11.8 Å². The average molecular weight is 499 g/mol. The Balaban J connectivity index is 1.28. The highest BCUT2D eigenvalue weighted by Gasteiger charge is 2.17. The molecule has 1 aliphatic rings. The van der Waals surface area contributed by atoms with Crippen molar-refractivity contribution in [3.63, 3.8) is 0 Å². The number of thiazole rings is 1. The Hall–Kier alpha value is -2.62. The number of nitrogens with zero attached hydrogens (tertiary/aromatic N) is 2. The van der Waals surface area contributed by atoms with Gasteiger partial charge in [0.05, 0.1) is 24.4 Å². The van der Waals surface area contributed by atoms with Crippen LogP contribution in [0.2, 0.25) is 0 Å². The lowest BCUT2D eigenvalue weighted by atomic mass is 10.1. The van der Waals surface area contributed by atoms with Crippen molar-refractivity contribution in [3.05, 3.63) is 59.2 Å². The predicted octanol–water partition coefficient (Wildman–Crippen LogP) is 4.76. The molecule has 2 amide bonds. The standard InChI is InChI=1S/C25H30N4O3S2/c1-25(2,3)29-9-7-19(13-29)23(31)26-12-22(30)28-24-27-21(16-34-24)18-6-4-5-17(11-18)15-33-20-8-10-32-14-20/h4-7,9,11,13,16,20H,8,10,12,14-15H2,1-3H3,(H,26,31)(H,27,28,30)/t20-/m0/s1. The van der Waals surface area contributed by atoms with Crippen LogP contribution in [0.25, 0.3) is 11.3 Å². The molecule has 3 aromatic rings. The van der Waals surface area contributed by atoms with E-state index in [1.54, 1.807) is 12.3 Å². The molecule has 4 rings (SSSR count). The van der Waals surface area contributed by atoms with Gasteiger partial charge in [-0.25, -0.2) is 4.98 Å². The van der Waals surface area contributed by atoms with E-state index >= 15 is 0 Å². The molecular formula is C25H30N4O3S2. The maximum Gasteiger partial charge on any atom is 0.253 e. The van der Waals surface area contributed by atoms with Gasteiger partial charge >= 0.3 is 0 Å². The van der Waals surface area contributed by atoms with Gasteiger partial charge in [0.2, 0.25) is 5.91 Å². The van der Waals surface area contributed by atoms with Crippen LogP contribution in [0.15, 0.2) is 48.1 Å². The summed E-state index contributed by atoms with van der Waals surface area (Å²) in [5.41, 5.74) is 3.51. The van der Waals surface area contributed by atoms with Crippen molar-refractivity contribution in [2.75, 3.05) is 25.1 Å². The SMILES string of the molecule is CC(C)(C)n1ccc(C(=O)NCC(=O)Nc2nc(-c3cccc(CS[C@H]4CCOC4)c3)cs2)c1. The molecule has 1 atom stereocenters. The molecular weight excluding hydrogens is 468 g/mol. The van der Waals surface area contributed by atoms with Gasteiger partial charge in [-0.15, -0.1) is 11.3 Å². The van der Waals surface area contributed by atoms with Crippen LogP contribution in [0.5, 0.6) is 0 Å². The number of hydrogen-bond acceptors (Lipinski definition) is 6. The van der Waals surface area contributed by atoms with Crippen molar-refractivity contribution in [3.8, 4) is 11.3 Å². The lowest BCUT2D eigenvalue weighted by Gasteiger charge is -2.20. The molecule has 1 fully saturated rings. The van der Waals surface area contributed by atoms with Crippen LogP contribution >= 0.6 is 23.1 Å². The van der Waals surface area contributed by atoms with E-state index in [0.717, 1.165) is 36.6 Å². The van der Waals surface area contributed by atoms with Crippen molar-refractivity contribution in [1.29, 1.82) is 0 Å². The van der Waals surface area contributed by atoms with E-state index in [1.165, 1.54) is 16.9 Å².